The van der Waals surface area contributed by atoms with E-state index in [0.717, 1.165) is 17.3 Å². The Hall–Kier alpha value is -0.290. The zero-order valence-corrected chi connectivity index (χ0v) is 15.6. The molecule has 1 saturated carbocycles. The van der Waals surface area contributed by atoms with E-state index in [1.165, 1.54) is 41.2 Å². The molecule has 1 aliphatic rings. The normalized spacial score (nSPS) is 19.8. The third-order valence-corrected chi connectivity index (χ3v) is 5.64. The molecule has 3 rings (SSSR count). The Labute approximate surface area is 145 Å². The van der Waals surface area contributed by atoms with Crippen LogP contribution in [0.1, 0.15) is 63.2 Å². The molecule has 1 aliphatic carbocycles. The quantitative estimate of drug-likeness (QED) is 0.438. The molecule has 2 nitrogen and oxygen atoms in total. The summed E-state index contributed by atoms with van der Waals surface area (Å²) in [7, 11) is 0. The van der Waals surface area contributed by atoms with Crippen molar-refractivity contribution in [1.29, 1.82) is 0 Å². The van der Waals surface area contributed by atoms with E-state index in [0.29, 0.717) is 6.04 Å². The Kier molecular flexibility index (Phi) is 4.79. The van der Waals surface area contributed by atoms with Gasteiger partial charge in [-0.25, -0.2) is 4.98 Å². The average molecular weight is 417 g/mol. The number of aromatic nitrogens is 2. The summed E-state index contributed by atoms with van der Waals surface area (Å²) in [5.74, 6) is 1.77. The minimum absolute atomic E-state index is 0.0545. The highest BCUT2D eigenvalue weighted by Gasteiger charge is 2.26. The van der Waals surface area contributed by atoms with E-state index in [2.05, 4.69) is 52.3 Å². The number of alkyl halides is 1. The smallest absolute Gasteiger partial charge is 0.127 e. The Morgan fingerprint density at radius 1 is 1.24 bits per heavy atom. The molecule has 0 N–H and O–H groups in total. The van der Waals surface area contributed by atoms with Gasteiger partial charge in [0.05, 0.1) is 16.4 Å². The highest BCUT2D eigenvalue weighted by molar-refractivity contribution is 14.1. The SMILES string of the molecule is CC(Cl)c1nc2cc(I)ccc2n1C(C)C1CCCCC1. The maximum Gasteiger partial charge on any atom is 0.127 e. The fourth-order valence-electron chi connectivity index (χ4n) is 3.63. The van der Waals surface area contributed by atoms with Crippen molar-refractivity contribution in [3.05, 3.63) is 27.6 Å². The van der Waals surface area contributed by atoms with Gasteiger partial charge in [0, 0.05) is 9.61 Å². The predicted molar refractivity (Wildman–Crippen MR) is 98.0 cm³/mol. The largest absolute Gasteiger partial charge is 0.324 e. The van der Waals surface area contributed by atoms with Gasteiger partial charge in [0.2, 0.25) is 0 Å². The van der Waals surface area contributed by atoms with Gasteiger partial charge < -0.3 is 4.57 Å². The number of fused-ring (bicyclic) bond motifs is 1. The first kappa shape index (κ1) is 15.6. The van der Waals surface area contributed by atoms with Gasteiger partial charge in [-0.05, 0) is 73.4 Å². The molecule has 2 unspecified atom stereocenters. The summed E-state index contributed by atoms with van der Waals surface area (Å²) in [6.45, 7) is 4.37. The lowest BCUT2D eigenvalue weighted by Gasteiger charge is -2.30. The van der Waals surface area contributed by atoms with Crippen LogP contribution in [-0.2, 0) is 0 Å². The molecule has 0 bridgehead atoms. The first-order valence-electron chi connectivity index (χ1n) is 7.89. The van der Waals surface area contributed by atoms with Crippen LogP contribution < -0.4 is 0 Å². The van der Waals surface area contributed by atoms with Crippen LogP contribution in [0.3, 0.4) is 0 Å². The number of imidazole rings is 1. The zero-order chi connectivity index (χ0) is 15.0. The van der Waals surface area contributed by atoms with Gasteiger partial charge in [-0.1, -0.05) is 19.3 Å². The van der Waals surface area contributed by atoms with Gasteiger partial charge in [0.1, 0.15) is 5.82 Å². The maximum atomic E-state index is 6.42. The number of hydrogen-bond acceptors (Lipinski definition) is 1. The summed E-state index contributed by atoms with van der Waals surface area (Å²) >= 11 is 8.76. The lowest BCUT2D eigenvalue weighted by molar-refractivity contribution is 0.264. The number of rotatable bonds is 3. The van der Waals surface area contributed by atoms with Crippen LogP contribution in [0.25, 0.3) is 11.0 Å². The predicted octanol–water partition coefficient (Wildman–Crippen LogP) is 6.08. The number of benzene rings is 1. The van der Waals surface area contributed by atoms with Crippen LogP contribution in [-0.4, -0.2) is 9.55 Å². The van der Waals surface area contributed by atoms with Crippen molar-refractivity contribution in [3.63, 3.8) is 0 Å². The number of hydrogen-bond donors (Lipinski definition) is 0. The topological polar surface area (TPSA) is 17.8 Å². The fourth-order valence-corrected chi connectivity index (χ4v) is 4.26. The number of nitrogens with zero attached hydrogens (tertiary/aromatic N) is 2. The van der Waals surface area contributed by atoms with Crippen LogP contribution in [0.5, 0.6) is 0 Å². The molecule has 2 aromatic rings. The Morgan fingerprint density at radius 3 is 2.62 bits per heavy atom. The second kappa shape index (κ2) is 6.45. The average Bonchev–Trinajstić information content (AvgIpc) is 2.86. The van der Waals surface area contributed by atoms with Crippen molar-refractivity contribution < 1.29 is 0 Å². The molecular weight excluding hydrogens is 395 g/mol. The van der Waals surface area contributed by atoms with Crippen molar-refractivity contribution in [1.82, 2.24) is 9.55 Å². The van der Waals surface area contributed by atoms with Crippen molar-refractivity contribution in [2.45, 2.75) is 57.4 Å². The van der Waals surface area contributed by atoms with Crippen LogP contribution in [0.15, 0.2) is 18.2 Å². The first-order valence-corrected chi connectivity index (χ1v) is 9.41. The summed E-state index contributed by atoms with van der Waals surface area (Å²) in [5.41, 5.74) is 2.31. The Morgan fingerprint density at radius 2 is 1.95 bits per heavy atom. The number of halogens is 2. The van der Waals surface area contributed by atoms with Gasteiger partial charge in [-0.2, -0.15) is 0 Å². The van der Waals surface area contributed by atoms with E-state index in [4.69, 9.17) is 16.6 Å². The summed E-state index contributed by atoms with van der Waals surface area (Å²) in [6.07, 6.45) is 6.80. The molecule has 21 heavy (non-hydrogen) atoms. The molecule has 1 heterocycles. The van der Waals surface area contributed by atoms with E-state index in [9.17, 15) is 0 Å². The van der Waals surface area contributed by atoms with Crippen molar-refractivity contribution in [2.24, 2.45) is 5.92 Å². The van der Waals surface area contributed by atoms with E-state index < -0.39 is 0 Å². The molecule has 0 amide bonds. The van der Waals surface area contributed by atoms with Gasteiger partial charge >= 0.3 is 0 Å². The highest BCUT2D eigenvalue weighted by atomic mass is 127. The molecule has 0 radical (unpaired) electrons. The third-order valence-electron chi connectivity index (χ3n) is 4.77. The molecule has 1 aromatic carbocycles. The third kappa shape index (κ3) is 3.09. The fraction of sp³-hybridized carbons (Fsp3) is 0.588. The van der Waals surface area contributed by atoms with E-state index in [1.807, 2.05) is 6.92 Å². The zero-order valence-electron chi connectivity index (χ0n) is 12.6. The minimum Gasteiger partial charge on any atom is -0.324 e. The second-order valence-electron chi connectivity index (χ2n) is 6.23. The molecule has 0 saturated heterocycles. The van der Waals surface area contributed by atoms with Crippen LogP contribution in [0.4, 0.5) is 0 Å². The highest BCUT2D eigenvalue weighted by Crippen LogP contribution is 2.37. The van der Waals surface area contributed by atoms with E-state index in [1.54, 1.807) is 0 Å². The molecule has 0 spiro atoms. The summed E-state index contributed by atoms with van der Waals surface area (Å²) < 4.78 is 3.63. The molecule has 1 fully saturated rings. The molecule has 2 atom stereocenters. The molecule has 114 valence electrons. The van der Waals surface area contributed by atoms with E-state index >= 15 is 0 Å². The van der Waals surface area contributed by atoms with Crippen LogP contribution in [0.2, 0.25) is 0 Å². The molecule has 0 aliphatic heterocycles. The summed E-state index contributed by atoms with van der Waals surface area (Å²) in [5, 5.41) is -0.0545. The lowest BCUT2D eigenvalue weighted by atomic mass is 9.84. The Balaban J connectivity index is 2.07. The Bertz CT molecular complexity index is 629. The van der Waals surface area contributed by atoms with Crippen LogP contribution in [0, 0.1) is 9.49 Å². The minimum atomic E-state index is -0.0545. The van der Waals surface area contributed by atoms with Gasteiger partial charge in [-0.15, -0.1) is 11.6 Å². The second-order valence-corrected chi connectivity index (χ2v) is 8.13. The summed E-state index contributed by atoms with van der Waals surface area (Å²) in [4.78, 5) is 4.82. The lowest BCUT2D eigenvalue weighted by Crippen LogP contribution is -2.21. The van der Waals surface area contributed by atoms with Gasteiger partial charge in [0.25, 0.3) is 0 Å². The summed E-state index contributed by atoms with van der Waals surface area (Å²) in [6, 6.07) is 7.00. The molecule has 1 aromatic heterocycles. The standard InChI is InChI=1S/C17H22ClIN2/c1-11(18)17-20-15-10-14(19)8-9-16(15)21(17)12(2)13-6-4-3-5-7-13/h8-13H,3-7H2,1-2H3. The van der Waals surface area contributed by atoms with Crippen molar-refractivity contribution in [2.75, 3.05) is 0 Å². The van der Waals surface area contributed by atoms with Crippen molar-refractivity contribution >= 4 is 45.2 Å². The molecular formula is C17H22ClIN2. The van der Waals surface area contributed by atoms with Gasteiger partial charge in [0.15, 0.2) is 0 Å². The van der Waals surface area contributed by atoms with Crippen molar-refractivity contribution in [3.8, 4) is 0 Å². The monoisotopic (exact) mass is 416 g/mol. The van der Waals surface area contributed by atoms with Gasteiger partial charge in [-0.3, -0.25) is 0 Å². The maximum absolute atomic E-state index is 6.42. The first-order chi connectivity index (χ1) is 10.1. The molecule has 4 heteroatoms. The van der Waals surface area contributed by atoms with E-state index in [-0.39, 0.29) is 5.38 Å². The van der Waals surface area contributed by atoms with Crippen LogP contribution >= 0.6 is 34.2 Å².